The minimum Gasteiger partial charge on any atom is -0.385 e. The van der Waals surface area contributed by atoms with Crippen molar-refractivity contribution >= 4 is 11.6 Å². The summed E-state index contributed by atoms with van der Waals surface area (Å²) in [6, 6.07) is 9.55. The minimum absolute atomic E-state index is 0.0444. The van der Waals surface area contributed by atoms with Crippen molar-refractivity contribution in [1.29, 1.82) is 5.26 Å². The third-order valence-electron chi connectivity index (χ3n) is 2.61. The quantitative estimate of drug-likeness (QED) is 0.452. The number of methoxy groups -OCH3 is 1. The van der Waals surface area contributed by atoms with Crippen LogP contribution in [-0.2, 0) is 9.53 Å². The third-order valence-corrected chi connectivity index (χ3v) is 2.61. The van der Waals surface area contributed by atoms with Crippen molar-refractivity contribution in [3.05, 3.63) is 41.6 Å². The molecule has 0 saturated carbocycles. The van der Waals surface area contributed by atoms with Crippen LogP contribution in [0, 0.1) is 18.3 Å². The Morgan fingerprint density at radius 3 is 2.70 bits per heavy atom. The van der Waals surface area contributed by atoms with Gasteiger partial charge in [-0.3, -0.25) is 4.79 Å². The van der Waals surface area contributed by atoms with Crippen molar-refractivity contribution in [3.63, 3.8) is 0 Å². The van der Waals surface area contributed by atoms with E-state index < -0.39 is 0 Å². The van der Waals surface area contributed by atoms with E-state index in [4.69, 9.17) is 10.00 Å². The second-order valence-electron chi connectivity index (χ2n) is 4.28. The van der Waals surface area contributed by atoms with Gasteiger partial charge in [-0.25, -0.2) is 0 Å². The highest BCUT2D eigenvalue weighted by molar-refractivity contribution is 5.97. The van der Waals surface area contributed by atoms with Crippen LogP contribution in [-0.4, -0.2) is 26.2 Å². The molecule has 0 heterocycles. The van der Waals surface area contributed by atoms with Gasteiger partial charge in [0.25, 0.3) is 5.91 Å². The molecular formula is C15H19N3O2. The molecule has 0 aliphatic rings. The van der Waals surface area contributed by atoms with E-state index in [0.29, 0.717) is 19.6 Å². The Labute approximate surface area is 119 Å². The molecule has 0 atom stereocenters. The first-order valence-corrected chi connectivity index (χ1v) is 6.38. The molecule has 1 rings (SSSR count). The van der Waals surface area contributed by atoms with Crippen LogP contribution in [0.1, 0.15) is 12.0 Å². The highest BCUT2D eigenvalue weighted by atomic mass is 16.5. The van der Waals surface area contributed by atoms with Crippen LogP contribution in [0.2, 0.25) is 0 Å². The summed E-state index contributed by atoms with van der Waals surface area (Å²) in [6.07, 6.45) is 2.13. The van der Waals surface area contributed by atoms with Gasteiger partial charge in [-0.15, -0.1) is 0 Å². The molecule has 0 bridgehead atoms. The maximum absolute atomic E-state index is 11.7. The molecule has 0 aliphatic heterocycles. The van der Waals surface area contributed by atoms with E-state index in [1.807, 2.05) is 37.3 Å². The summed E-state index contributed by atoms with van der Waals surface area (Å²) in [5.74, 6) is -0.386. The number of nitrogens with zero attached hydrogens (tertiary/aromatic N) is 1. The third kappa shape index (κ3) is 5.55. The van der Waals surface area contributed by atoms with E-state index in [0.717, 1.165) is 11.3 Å². The summed E-state index contributed by atoms with van der Waals surface area (Å²) in [5.41, 5.74) is 2.02. The fourth-order valence-electron chi connectivity index (χ4n) is 1.47. The summed E-state index contributed by atoms with van der Waals surface area (Å²) in [7, 11) is 1.61. The number of rotatable bonds is 7. The molecule has 0 spiro atoms. The molecule has 0 aromatic heterocycles. The number of hydrogen-bond acceptors (Lipinski definition) is 4. The van der Waals surface area contributed by atoms with Crippen LogP contribution < -0.4 is 10.6 Å². The van der Waals surface area contributed by atoms with Crippen LogP contribution in [0.5, 0.6) is 0 Å². The maximum atomic E-state index is 11.7. The minimum atomic E-state index is -0.386. The molecule has 20 heavy (non-hydrogen) atoms. The van der Waals surface area contributed by atoms with E-state index in [1.165, 1.54) is 6.20 Å². The SMILES string of the molecule is COCCCNC(=O)/C(C#N)=C\Nc1ccc(C)cc1. The number of anilines is 1. The Kier molecular flexibility index (Phi) is 6.87. The first-order valence-electron chi connectivity index (χ1n) is 6.38. The normalized spacial score (nSPS) is 10.8. The van der Waals surface area contributed by atoms with Crippen LogP contribution >= 0.6 is 0 Å². The number of nitrogens with one attached hydrogen (secondary N) is 2. The van der Waals surface area contributed by atoms with E-state index in [-0.39, 0.29) is 11.5 Å². The summed E-state index contributed by atoms with van der Waals surface area (Å²) in [4.78, 5) is 11.7. The average molecular weight is 273 g/mol. The fraction of sp³-hybridized carbons (Fsp3) is 0.333. The lowest BCUT2D eigenvalue weighted by molar-refractivity contribution is -0.117. The fourth-order valence-corrected chi connectivity index (χ4v) is 1.47. The van der Waals surface area contributed by atoms with E-state index in [9.17, 15) is 4.79 Å². The van der Waals surface area contributed by atoms with Crippen LogP contribution in [0.3, 0.4) is 0 Å². The van der Waals surface area contributed by atoms with Gasteiger partial charge in [0.1, 0.15) is 11.6 Å². The van der Waals surface area contributed by atoms with Gasteiger partial charge in [0.05, 0.1) is 0 Å². The van der Waals surface area contributed by atoms with E-state index >= 15 is 0 Å². The highest BCUT2D eigenvalue weighted by Crippen LogP contribution is 2.09. The van der Waals surface area contributed by atoms with Crippen molar-refractivity contribution in [1.82, 2.24) is 5.32 Å². The predicted molar refractivity (Wildman–Crippen MR) is 78.0 cm³/mol. The number of carbonyl (C=O) groups is 1. The molecule has 1 aromatic rings. The lowest BCUT2D eigenvalue weighted by atomic mass is 10.2. The molecule has 106 valence electrons. The Balaban J connectivity index is 2.52. The van der Waals surface area contributed by atoms with Gasteiger partial charge in [-0.2, -0.15) is 5.26 Å². The summed E-state index contributed by atoms with van der Waals surface area (Å²) in [6.45, 7) is 3.05. The molecule has 1 aromatic carbocycles. The molecule has 0 aliphatic carbocycles. The largest absolute Gasteiger partial charge is 0.385 e. The molecule has 0 fully saturated rings. The smallest absolute Gasteiger partial charge is 0.263 e. The van der Waals surface area contributed by atoms with Gasteiger partial charge >= 0.3 is 0 Å². The molecule has 2 N–H and O–H groups in total. The Bertz CT molecular complexity index is 501. The van der Waals surface area contributed by atoms with Crippen molar-refractivity contribution < 1.29 is 9.53 Å². The molecule has 0 unspecified atom stereocenters. The monoisotopic (exact) mass is 273 g/mol. The summed E-state index contributed by atoms with van der Waals surface area (Å²) in [5, 5.41) is 14.6. The zero-order valence-corrected chi connectivity index (χ0v) is 11.8. The van der Waals surface area contributed by atoms with Crippen LogP contribution in [0.4, 0.5) is 5.69 Å². The van der Waals surface area contributed by atoms with Gasteiger partial charge in [-0.1, -0.05) is 17.7 Å². The van der Waals surface area contributed by atoms with Gasteiger partial charge < -0.3 is 15.4 Å². The molecule has 1 amide bonds. The Morgan fingerprint density at radius 1 is 1.40 bits per heavy atom. The zero-order valence-electron chi connectivity index (χ0n) is 11.8. The van der Waals surface area contributed by atoms with Gasteiger partial charge in [0.2, 0.25) is 0 Å². The lowest BCUT2D eigenvalue weighted by Gasteiger charge is -2.05. The van der Waals surface area contributed by atoms with Crippen LogP contribution in [0.25, 0.3) is 0 Å². The first-order chi connectivity index (χ1) is 9.67. The maximum Gasteiger partial charge on any atom is 0.263 e. The van der Waals surface area contributed by atoms with E-state index in [2.05, 4.69) is 10.6 Å². The second kappa shape index (κ2) is 8.73. The highest BCUT2D eigenvalue weighted by Gasteiger charge is 2.07. The lowest BCUT2D eigenvalue weighted by Crippen LogP contribution is -2.26. The van der Waals surface area contributed by atoms with Gasteiger partial charge in [-0.05, 0) is 25.5 Å². The Morgan fingerprint density at radius 2 is 2.10 bits per heavy atom. The van der Waals surface area contributed by atoms with Crippen molar-refractivity contribution in [2.75, 3.05) is 25.6 Å². The average Bonchev–Trinajstić information content (AvgIpc) is 2.46. The van der Waals surface area contributed by atoms with Crippen molar-refractivity contribution in [2.45, 2.75) is 13.3 Å². The second-order valence-corrected chi connectivity index (χ2v) is 4.28. The van der Waals surface area contributed by atoms with E-state index in [1.54, 1.807) is 7.11 Å². The van der Waals surface area contributed by atoms with Gasteiger partial charge in [0.15, 0.2) is 0 Å². The van der Waals surface area contributed by atoms with Gasteiger partial charge in [0, 0.05) is 32.1 Å². The number of carbonyl (C=O) groups excluding carboxylic acids is 1. The first kappa shape index (κ1) is 15.7. The summed E-state index contributed by atoms with van der Waals surface area (Å²) >= 11 is 0. The van der Waals surface area contributed by atoms with Crippen molar-refractivity contribution in [2.24, 2.45) is 0 Å². The standard InChI is InChI=1S/C15H19N3O2/c1-12-4-6-14(7-5-12)18-11-13(10-16)15(19)17-8-3-9-20-2/h4-7,11,18H,3,8-9H2,1-2H3,(H,17,19)/b13-11-. The molecule has 0 saturated heterocycles. The number of hydrogen-bond donors (Lipinski definition) is 2. The summed E-state index contributed by atoms with van der Waals surface area (Å²) < 4.78 is 4.88. The number of amides is 1. The predicted octanol–water partition coefficient (Wildman–Crippen LogP) is 1.97. The molecule has 5 nitrogen and oxygen atoms in total. The molecule has 0 radical (unpaired) electrons. The number of nitriles is 1. The topological polar surface area (TPSA) is 74.1 Å². The van der Waals surface area contributed by atoms with Crippen molar-refractivity contribution in [3.8, 4) is 6.07 Å². The van der Waals surface area contributed by atoms with Crippen LogP contribution in [0.15, 0.2) is 36.0 Å². The number of ether oxygens (including phenoxy) is 1. The number of aryl methyl sites for hydroxylation is 1. The number of benzene rings is 1. The Hall–Kier alpha value is -2.32. The zero-order chi connectivity index (χ0) is 14.8. The molecular weight excluding hydrogens is 254 g/mol. The molecule has 5 heteroatoms.